The lowest BCUT2D eigenvalue weighted by Gasteiger charge is -2.33. The molecule has 3 heteroatoms. The van der Waals surface area contributed by atoms with Crippen LogP contribution in [0, 0.1) is 5.82 Å². The summed E-state index contributed by atoms with van der Waals surface area (Å²) in [5.41, 5.74) is 4.77. The summed E-state index contributed by atoms with van der Waals surface area (Å²) in [4.78, 5) is 2.32. The van der Waals surface area contributed by atoms with Crippen molar-refractivity contribution in [2.75, 3.05) is 18.0 Å². The second-order valence-electron chi connectivity index (χ2n) is 5.44. The summed E-state index contributed by atoms with van der Waals surface area (Å²) in [6, 6.07) is 13.6. The fourth-order valence-electron chi connectivity index (χ4n) is 3.00. The van der Waals surface area contributed by atoms with Crippen LogP contribution in [0.2, 0.25) is 0 Å². The van der Waals surface area contributed by atoms with Crippen LogP contribution < -0.4 is 10.2 Å². The first-order chi connectivity index (χ1) is 10.3. The Kier molecular flexibility index (Phi) is 4.20. The van der Waals surface area contributed by atoms with Gasteiger partial charge < -0.3 is 10.2 Å². The third kappa shape index (κ3) is 2.93. The highest BCUT2D eigenvalue weighted by molar-refractivity contribution is 5.70. The van der Waals surface area contributed by atoms with E-state index < -0.39 is 0 Å². The molecule has 0 unspecified atom stereocenters. The van der Waals surface area contributed by atoms with Gasteiger partial charge in [-0.25, -0.2) is 4.39 Å². The highest BCUT2D eigenvalue weighted by atomic mass is 19.1. The summed E-state index contributed by atoms with van der Waals surface area (Å²) in [5, 5.41) is 3.30. The van der Waals surface area contributed by atoms with E-state index in [1.165, 1.54) is 11.3 Å². The molecule has 21 heavy (non-hydrogen) atoms. The lowest BCUT2D eigenvalue weighted by Crippen LogP contribution is -2.26. The van der Waals surface area contributed by atoms with Gasteiger partial charge in [-0.1, -0.05) is 25.1 Å². The lowest BCUT2D eigenvalue weighted by atomic mass is 10.00. The van der Waals surface area contributed by atoms with Gasteiger partial charge in [0, 0.05) is 24.5 Å². The van der Waals surface area contributed by atoms with Crippen LogP contribution in [-0.2, 0) is 13.0 Å². The van der Waals surface area contributed by atoms with Gasteiger partial charge in [-0.05, 0) is 54.8 Å². The fourth-order valence-corrected chi connectivity index (χ4v) is 3.00. The van der Waals surface area contributed by atoms with Crippen LogP contribution in [0.15, 0.2) is 42.5 Å². The molecule has 0 aromatic heterocycles. The highest BCUT2D eigenvalue weighted by Crippen LogP contribution is 2.35. The monoisotopic (exact) mass is 284 g/mol. The largest absolute Gasteiger partial charge is 0.341 e. The van der Waals surface area contributed by atoms with Gasteiger partial charge in [0.15, 0.2) is 0 Å². The Hall–Kier alpha value is -1.87. The summed E-state index contributed by atoms with van der Waals surface area (Å²) in [7, 11) is 0. The number of para-hydroxylation sites is 1. The van der Waals surface area contributed by atoms with Gasteiger partial charge in [0.2, 0.25) is 0 Å². The van der Waals surface area contributed by atoms with Crippen LogP contribution in [0.25, 0.3) is 0 Å². The average Bonchev–Trinajstić information content (AvgIpc) is 2.52. The number of hydrogen-bond donors (Lipinski definition) is 1. The predicted molar refractivity (Wildman–Crippen MR) is 85.5 cm³/mol. The number of benzene rings is 2. The minimum Gasteiger partial charge on any atom is -0.341 e. The molecule has 0 saturated carbocycles. The molecule has 2 aromatic rings. The molecule has 2 nitrogen and oxygen atoms in total. The first-order valence-corrected chi connectivity index (χ1v) is 7.64. The summed E-state index contributed by atoms with van der Waals surface area (Å²) in [5.74, 6) is -0.169. The Morgan fingerprint density at radius 1 is 1.14 bits per heavy atom. The Balaban J connectivity index is 2.01. The molecule has 0 saturated heterocycles. The number of hydrogen-bond acceptors (Lipinski definition) is 2. The van der Waals surface area contributed by atoms with Crippen molar-refractivity contribution in [2.45, 2.75) is 26.3 Å². The van der Waals surface area contributed by atoms with Crippen LogP contribution >= 0.6 is 0 Å². The van der Waals surface area contributed by atoms with E-state index in [1.807, 2.05) is 6.07 Å². The maximum atomic E-state index is 13.6. The van der Waals surface area contributed by atoms with E-state index in [4.69, 9.17) is 0 Å². The van der Waals surface area contributed by atoms with E-state index in [0.717, 1.165) is 37.2 Å². The van der Waals surface area contributed by atoms with E-state index in [9.17, 15) is 4.39 Å². The molecule has 0 fully saturated rings. The Morgan fingerprint density at radius 2 is 2.00 bits per heavy atom. The minimum absolute atomic E-state index is 0.169. The van der Waals surface area contributed by atoms with Gasteiger partial charge in [0.1, 0.15) is 5.82 Å². The van der Waals surface area contributed by atoms with Crippen LogP contribution in [0.4, 0.5) is 15.8 Å². The molecular formula is C18H21FN2. The van der Waals surface area contributed by atoms with Crippen molar-refractivity contribution in [3.05, 3.63) is 59.4 Å². The normalized spacial score (nSPS) is 14.1. The molecule has 1 N–H and O–H groups in total. The number of halogens is 1. The summed E-state index contributed by atoms with van der Waals surface area (Å²) in [6.07, 6.45) is 2.26. The second-order valence-corrected chi connectivity index (χ2v) is 5.44. The molecular weight excluding hydrogens is 263 g/mol. The summed E-state index contributed by atoms with van der Waals surface area (Å²) < 4.78 is 13.6. The Bertz CT molecular complexity index is 624. The first-order valence-electron chi connectivity index (χ1n) is 7.64. The van der Waals surface area contributed by atoms with E-state index in [-0.39, 0.29) is 5.82 Å². The van der Waals surface area contributed by atoms with E-state index in [2.05, 4.69) is 41.4 Å². The van der Waals surface area contributed by atoms with Crippen LogP contribution in [0.5, 0.6) is 0 Å². The van der Waals surface area contributed by atoms with Gasteiger partial charge in [-0.3, -0.25) is 0 Å². The molecule has 1 aliphatic rings. The van der Waals surface area contributed by atoms with Crippen LogP contribution in [0.3, 0.4) is 0 Å². The van der Waals surface area contributed by atoms with Crippen molar-refractivity contribution >= 4 is 11.4 Å². The third-order valence-electron chi connectivity index (χ3n) is 4.01. The van der Waals surface area contributed by atoms with Gasteiger partial charge in [0.05, 0.1) is 0 Å². The standard InChI is InChI=1S/C18H21FN2/c1-2-20-13-15-12-16(19)9-10-18(15)21-11-5-7-14-6-3-4-8-17(14)21/h3-4,6,8-10,12,20H,2,5,7,11,13H2,1H3. The third-order valence-corrected chi connectivity index (χ3v) is 4.01. The molecule has 0 spiro atoms. The van der Waals surface area contributed by atoms with E-state index in [1.54, 1.807) is 12.1 Å². The molecule has 1 heterocycles. The minimum atomic E-state index is -0.169. The number of anilines is 2. The Labute approximate surface area is 125 Å². The van der Waals surface area contributed by atoms with E-state index >= 15 is 0 Å². The van der Waals surface area contributed by atoms with Gasteiger partial charge in [-0.15, -0.1) is 0 Å². The molecule has 0 radical (unpaired) electrons. The number of fused-ring (bicyclic) bond motifs is 1. The number of nitrogens with zero attached hydrogens (tertiary/aromatic N) is 1. The van der Waals surface area contributed by atoms with E-state index in [0.29, 0.717) is 6.54 Å². The SMILES string of the molecule is CCNCc1cc(F)ccc1N1CCCc2ccccc21. The molecule has 0 amide bonds. The van der Waals surface area contributed by atoms with Crippen molar-refractivity contribution < 1.29 is 4.39 Å². The average molecular weight is 284 g/mol. The highest BCUT2D eigenvalue weighted by Gasteiger charge is 2.20. The van der Waals surface area contributed by atoms with Crippen molar-refractivity contribution in [1.82, 2.24) is 5.32 Å². The quantitative estimate of drug-likeness (QED) is 0.912. The van der Waals surface area contributed by atoms with Crippen molar-refractivity contribution in [3.63, 3.8) is 0 Å². The summed E-state index contributed by atoms with van der Waals surface area (Å²) >= 11 is 0. The zero-order chi connectivity index (χ0) is 14.7. The molecule has 0 bridgehead atoms. The number of nitrogens with one attached hydrogen (secondary N) is 1. The zero-order valence-electron chi connectivity index (χ0n) is 12.4. The zero-order valence-corrected chi connectivity index (χ0v) is 12.4. The van der Waals surface area contributed by atoms with Crippen LogP contribution in [-0.4, -0.2) is 13.1 Å². The van der Waals surface area contributed by atoms with Crippen molar-refractivity contribution in [3.8, 4) is 0 Å². The fraction of sp³-hybridized carbons (Fsp3) is 0.333. The molecule has 110 valence electrons. The van der Waals surface area contributed by atoms with Crippen molar-refractivity contribution in [2.24, 2.45) is 0 Å². The smallest absolute Gasteiger partial charge is 0.123 e. The first kappa shape index (κ1) is 14.1. The van der Waals surface area contributed by atoms with Gasteiger partial charge >= 0.3 is 0 Å². The molecule has 2 aromatic carbocycles. The second kappa shape index (κ2) is 6.27. The van der Waals surface area contributed by atoms with Crippen molar-refractivity contribution in [1.29, 1.82) is 0 Å². The Morgan fingerprint density at radius 3 is 2.86 bits per heavy atom. The predicted octanol–water partition coefficient (Wildman–Crippen LogP) is 4.02. The lowest BCUT2D eigenvalue weighted by molar-refractivity contribution is 0.621. The molecule has 3 rings (SSSR count). The number of rotatable bonds is 4. The van der Waals surface area contributed by atoms with Gasteiger partial charge in [0.25, 0.3) is 0 Å². The maximum absolute atomic E-state index is 13.6. The molecule has 1 aliphatic heterocycles. The topological polar surface area (TPSA) is 15.3 Å². The number of aryl methyl sites for hydroxylation is 1. The molecule has 0 aliphatic carbocycles. The van der Waals surface area contributed by atoms with Crippen LogP contribution in [0.1, 0.15) is 24.5 Å². The van der Waals surface area contributed by atoms with Gasteiger partial charge in [-0.2, -0.15) is 0 Å². The maximum Gasteiger partial charge on any atom is 0.123 e. The molecule has 0 atom stereocenters. The summed E-state index contributed by atoms with van der Waals surface area (Å²) in [6.45, 7) is 4.63.